The molecule has 0 aromatic heterocycles. The molecule has 1 atom stereocenters. The van der Waals surface area contributed by atoms with Gasteiger partial charge in [-0.25, -0.2) is 8.42 Å². The van der Waals surface area contributed by atoms with Crippen LogP contribution < -0.4 is 5.32 Å². The van der Waals surface area contributed by atoms with Gasteiger partial charge >= 0.3 is 6.18 Å². The van der Waals surface area contributed by atoms with Crippen molar-refractivity contribution in [2.75, 3.05) is 19.6 Å². The van der Waals surface area contributed by atoms with Crippen molar-refractivity contribution in [2.45, 2.75) is 36.9 Å². The molecule has 23 heavy (non-hydrogen) atoms. The molecule has 1 N–H and O–H groups in total. The van der Waals surface area contributed by atoms with Crippen LogP contribution in [0.4, 0.5) is 13.2 Å². The first-order chi connectivity index (χ1) is 10.3. The van der Waals surface area contributed by atoms with Crippen molar-refractivity contribution in [3.8, 4) is 0 Å². The first kappa shape index (κ1) is 20.2. The number of halogens is 4. The van der Waals surface area contributed by atoms with Crippen molar-refractivity contribution < 1.29 is 21.6 Å². The summed E-state index contributed by atoms with van der Waals surface area (Å²) in [7, 11) is -3.94. The number of sulfonamides is 1. The second-order valence-corrected chi connectivity index (χ2v) is 7.18. The Morgan fingerprint density at radius 1 is 1.35 bits per heavy atom. The Kier molecular flexibility index (Phi) is 6.88. The Bertz CT molecular complexity index is 617. The van der Waals surface area contributed by atoms with Crippen molar-refractivity contribution >= 4 is 22.4 Å². The third-order valence-electron chi connectivity index (χ3n) is 3.65. The zero-order valence-corrected chi connectivity index (χ0v) is 14.3. The lowest BCUT2D eigenvalue weighted by Crippen LogP contribution is -2.42. The molecule has 9 heteroatoms. The molecule has 1 aromatic rings. The zero-order chi connectivity index (χ0) is 16.4. The van der Waals surface area contributed by atoms with Crippen LogP contribution in [0.5, 0.6) is 0 Å². The molecule has 1 aromatic carbocycles. The molecule has 4 nitrogen and oxygen atoms in total. The summed E-state index contributed by atoms with van der Waals surface area (Å²) >= 11 is 0. The minimum absolute atomic E-state index is 0. The van der Waals surface area contributed by atoms with E-state index < -0.39 is 21.8 Å². The van der Waals surface area contributed by atoms with Crippen molar-refractivity contribution in [3.63, 3.8) is 0 Å². The van der Waals surface area contributed by atoms with Gasteiger partial charge in [-0.2, -0.15) is 17.5 Å². The van der Waals surface area contributed by atoms with Gasteiger partial charge in [0.1, 0.15) is 0 Å². The van der Waals surface area contributed by atoms with Crippen LogP contribution >= 0.6 is 12.4 Å². The fourth-order valence-corrected chi connectivity index (χ4v) is 4.37. The van der Waals surface area contributed by atoms with Crippen LogP contribution in [0.2, 0.25) is 0 Å². The van der Waals surface area contributed by atoms with E-state index in [9.17, 15) is 21.6 Å². The van der Waals surface area contributed by atoms with Crippen molar-refractivity contribution in [1.29, 1.82) is 0 Å². The highest BCUT2D eigenvalue weighted by Gasteiger charge is 2.35. The van der Waals surface area contributed by atoms with Crippen molar-refractivity contribution in [3.05, 3.63) is 29.8 Å². The molecule has 0 spiro atoms. The molecule has 0 radical (unpaired) electrons. The Morgan fingerprint density at radius 3 is 2.57 bits per heavy atom. The molecule has 0 amide bonds. The molecule has 1 aliphatic rings. The normalized spacial score (nSPS) is 18.9. The highest BCUT2D eigenvalue weighted by atomic mass is 35.5. The Hall–Kier alpha value is -0.830. The highest BCUT2D eigenvalue weighted by molar-refractivity contribution is 7.89. The van der Waals surface area contributed by atoms with Gasteiger partial charge in [0.15, 0.2) is 0 Å². The van der Waals surface area contributed by atoms with Gasteiger partial charge in [-0.05, 0) is 37.6 Å². The standard InChI is InChI=1S/C14H19F3N2O2S.ClH/c1-2-8-19(12-6-7-18-10-12)22(20,21)13-5-3-4-11(9-13)14(15,16)17;/h3-5,9,12,18H,2,6-8,10H2,1H3;1H. The molecular weight excluding hydrogens is 353 g/mol. The van der Waals surface area contributed by atoms with E-state index in [-0.39, 0.29) is 23.3 Å². The molecule has 1 saturated heterocycles. The quantitative estimate of drug-likeness (QED) is 0.864. The summed E-state index contributed by atoms with van der Waals surface area (Å²) in [4.78, 5) is -0.303. The van der Waals surface area contributed by atoms with E-state index in [1.165, 1.54) is 10.4 Å². The summed E-state index contributed by atoms with van der Waals surface area (Å²) in [6, 6.07) is 3.72. The van der Waals surface area contributed by atoms with Crippen molar-refractivity contribution in [1.82, 2.24) is 9.62 Å². The average molecular weight is 373 g/mol. The van der Waals surface area contributed by atoms with Gasteiger partial charge < -0.3 is 5.32 Å². The molecule has 0 saturated carbocycles. The number of nitrogens with one attached hydrogen (secondary N) is 1. The summed E-state index contributed by atoms with van der Waals surface area (Å²) in [5.41, 5.74) is -0.949. The van der Waals surface area contributed by atoms with Crippen LogP contribution in [0.3, 0.4) is 0 Å². The maximum atomic E-state index is 12.8. The van der Waals surface area contributed by atoms with Crippen LogP contribution in [-0.2, 0) is 16.2 Å². The lowest BCUT2D eigenvalue weighted by atomic mass is 10.2. The van der Waals surface area contributed by atoms with E-state index in [4.69, 9.17) is 0 Å². The number of rotatable bonds is 5. The molecule has 1 unspecified atom stereocenters. The Morgan fingerprint density at radius 2 is 2.04 bits per heavy atom. The van der Waals surface area contributed by atoms with E-state index in [0.717, 1.165) is 12.1 Å². The highest BCUT2D eigenvalue weighted by Crippen LogP contribution is 2.31. The van der Waals surface area contributed by atoms with Crippen LogP contribution in [0.15, 0.2) is 29.2 Å². The van der Waals surface area contributed by atoms with Gasteiger partial charge in [0.25, 0.3) is 0 Å². The topological polar surface area (TPSA) is 49.4 Å². The van der Waals surface area contributed by atoms with Crippen LogP contribution in [0.25, 0.3) is 0 Å². The monoisotopic (exact) mass is 372 g/mol. The Labute approximate surface area is 140 Å². The third kappa shape index (κ3) is 4.59. The molecule has 0 bridgehead atoms. The fraction of sp³-hybridized carbons (Fsp3) is 0.571. The van der Waals surface area contributed by atoms with Gasteiger partial charge in [-0.3, -0.25) is 0 Å². The van der Waals surface area contributed by atoms with Gasteiger partial charge in [-0.1, -0.05) is 13.0 Å². The smallest absolute Gasteiger partial charge is 0.315 e. The Balaban J connectivity index is 0.00000264. The molecule has 1 aliphatic heterocycles. The van der Waals surface area contributed by atoms with Gasteiger partial charge in [0.05, 0.1) is 10.5 Å². The predicted octanol–water partition coefficient (Wildman–Crippen LogP) is 2.89. The number of benzene rings is 1. The largest absolute Gasteiger partial charge is 0.416 e. The molecule has 2 rings (SSSR count). The van der Waals surface area contributed by atoms with E-state index in [1.54, 1.807) is 0 Å². The SMILES string of the molecule is CCCN(C1CCNC1)S(=O)(=O)c1cccc(C(F)(F)F)c1.Cl. The summed E-state index contributed by atoms with van der Waals surface area (Å²) in [6.07, 6.45) is -3.29. The molecular formula is C14H20ClF3N2O2S. The summed E-state index contributed by atoms with van der Waals surface area (Å²) < 4.78 is 65.1. The lowest BCUT2D eigenvalue weighted by Gasteiger charge is -2.27. The van der Waals surface area contributed by atoms with Gasteiger partial charge in [0, 0.05) is 19.1 Å². The number of hydrogen-bond donors (Lipinski definition) is 1. The van der Waals surface area contributed by atoms with Gasteiger partial charge in [-0.15, -0.1) is 12.4 Å². The van der Waals surface area contributed by atoms with Gasteiger partial charge in [0.2, 0.25) is 10.0 Å². The minimum atomic E-state index is -4.56. The average Bonchev–Trinajstić information content (AvgIpc) is 2.97. The molecule has 1 heterocycles. The second kappa shape index (κ2) is 7.83. The number of hydrogen-bond acceptors (Lipinski definition) is 3. The summed E-state index contributed by atoms with van der Waals surface area (Å²) in [5, 5.41) is 3.08. The van der Waals surface area contributed by atoms with Crippen molar-refractivity contribution in [2.24, 2.45) is 0 Å². The second-order valence-electron chi connectivity index (χ2n) is 5.29. The lowest BCUT2D eigenvalue weighted by molar-refractivity contribution is -0.137. The van der Waals surface area contributed by atoms with E-state index in [0.29, 0.717) is 38.5 Å². The van der Waals surface area contributed by atoms with E-state index in [2.05, 4.69) is 5.32 Å². The zero-order valence-electron chi connectivity index (χ0n) is 12.6. The first-order valence-corrected chi connectivity index (χ1v) is 8.60. The maximum Gasteiger partial charge on any atom is 0.416 e. The first-order valence-electron chi connectivity index (χ1n) is 7.16. The third-order valence-corrected chi connectivity index (χ3v) is 5.60. The fourth-order valence-electron chi connectivity index (χ4n) is 2.57. The molecule has 1 fully saturated rings. The number of nitrogens with zero attached hydrogens (tertiary/aromatic N) is 1. The van der Waals surface area contributed by atoms with Crippen LogP contribution in [0, 0.1) is 0 Å². The maximum absolute atomic E-state index is 12.8. The number of alkyl halides is 3. The summed E-state index contributed by atoms with van der Waals surface area (Å²) in [6.45, 7) is 3.38. The molecule has 0 aliphatic carbocycles. The predicted molar refractivity (Wildman–Crippen MR) is 84.1 cm³/mol. The van der Waals surface area contributed by atoms with E-state index >= 15 is 0 Å². The molecule has 132 valence electrons. The van der Waals surface area contributed by atoms with E-state index in [1.807, 2.05) is 6.92 Å². The van der Waals surface area contributed by atoms with Crippen LogP contribution in [0.1, 0.15) is 25.3 Å². The summed E-state index contributed by atoms with van der Waals surface area (Å²) in [5.74, 6) is 0. The minimum Gasteiger partial charge on any atom is -0.315 e. The van der Waals surface area contributed by atoms with Crippen LogP contribution in [-0.4, -0.2) is 38.4 Å².